The molecule has 10 heteroatoms. The van der Waals surface area contributed by atoms with Crippen LogP contribution in [0.3, 0.4) is 0 Å². The highest BCUT2D eigenvalue weighted by molar-refractivity contribution is 8.00. The highest BCUT2D eigenvalue weighted by Crippen LogP contribution is 2.49. The second kappa shape index (κ2) is 12.0. The average Bonchev–Trinajstić information content (AvgIpc) is 3.34. The number of hydrogen-bond donors (Lipinski definition) is 1. The van der Waals surface area contributed by atoms with Gasteiger partial charge in [-0.25, -0.2) is 13.5 Å². The van der Waals surface area contributed by atoms with Crippen LogP contribution in [0.15, 0.2) is 103 Å². The van der Waals surface area contributed by atoms with E-state index >= 15 is 4.39 Å². The van der Waals surface area contributed by atoms with Crippen molar-refractivity contribution in [1.29, 1.82) is 0 Å². The van der Waals surface area contributed by atoms with Crippen molar-refractivity contribution in [3.63, 3.8) is 0 Å². The number of anilines is 1. The predicted molar refractivity (Wildman–Crippen MR) is 158 cm³/mol. The molecule has 0 aliphatic carbocycles. The molecule has 5 aromatic rings. The van der Waals surface area contributed by atoms with Crippen molar-refractivity contribution in [3.8, 4) is 16.9 Å². The number of carbonyl (C=O) groups is 2. The first-order valence-electron chi connectivity index (χ1n) is 13.3. The van der Waals surface area contributed by atoms with Gasteiger partial charge >= 0.3 is 0 Å². The van der Waals surface area contributed by atoms with E-state index in [1.165, 1.54) is 34.9 Å². The van der Waals surface area contributed by atoms with E-state index < -0.39 is 16.9 Å². The zero-order valence-electron chi connectivity index (χ0n) is 22.3. The first-order chi connectivity index (χ1) is 20.5. The number of pyridine rings is 1. The SMILES string of the molecule is O=C(CN1C(=O)CS[C@H](c2ccccc2F)c2c(-c3ccccc3)nn(-c3ccc(F)cc3)c21)NCc1ccncc1. The molecule has 3 heterocycles. The number of rotatable bonds is 7. The lowest BCUT2D eigenvalue weighted by Gasteiger charge is -2.23. The first kappa shape index (κ1) is 27.3. The first-order valence-corrected chi connectivity index (χ1v) is 14.3. The number of aromatic nitrogens is 3. The Morgan fingerprint density at radius 1 is 0.929 bits per heavy atom. The smallest absolute Gasteiger partial charge is 0.240 e. The van der Waals surface area contributed by atoms with E-state index in [1.54, 1.807) is 59.5 Å². The summed E-state index contributed by atoms with van der Waals surface area (Å²) in [5.74, 6) is -1.21. The Kier molecular flexibility index (Phi) is 7.78. The maximum Gasteiger partial charge on any atom is 0.240 e. The molecule has 0 saturated carbocycles. The van der Waals surface area contributed by atoms with Crippen LogP contribution in [0.2, 0.25) is 0 Å². The molecule has 1 N–H and O–H groups in total. The topological polar surface area (TPSA) is 80.1 Å². The molecule has 210 valence electrons. The van der Waals surface area contributed by atoms with E-state index in [0.717, 1.165) is 11.1 Å². The minimum Gasteiger partial charge on any atom is -0.350 e. The standard InChI is InChI=1S/C32H25F2N5O2S/c33-23-10-12-24(13-11-23)39-32-29(30(37-39)22-6-2-1-3-7-22)31(25-8-4-5-9-26(25)34)42-20-28(41)38(32)19-27(40)36-18-21-14-16-35-17-15-21/h1-17,31H,18-20H2,(H,36,40)/t31-/m1/s1. The number of halogens is 2. The van der Waals surface area contributed by atoms with Crippen molar-refractivity contribution in [2.24, 2.45) is 0 Å². The number of fused-ring (bicyclic) bond motifs is 1. The summed E-state index contributed by atoms with van der Waals surface area (Å²) < 4.78 is 30.8. The molecule has 1 aliphatic heterocycles. The third-order valence-electron chi connectivity index (χ3n) is 6.94. The van der Waals surface area contributed by atoms with E-state index in [0.29, 0.717) is 28.3 Å². The molecule has 2 amide bonds. The molecular weight excluding hydrogens is 556 g/mol. The van der Waals surface area contributed by atoms with Crippen LogP contribution in [-0.2, 0) is 16.1 Å². The van der Waals surface area contributed by atoms with Gasteiger partial charge in [0.25, 0.3) is 0 Å². The number of carbonyl (C=O) groups excluding carboxylic acids is 2. The lowest BCUT2D eigenvalue weighted by atomic mass is 9.99. The minimum atomic E-state index is -0.612. The molecule has 0 saturated heterocycles. The number of amides is 2. The number of benzene rings is 3. The molecule has 0 fully saturated rings. The summed E-state index contributed by atoms with van der Waals surface area (Å²) in [4.78, 5) is 32.4. The summed E-state index contributed by atoms with van der Waals surface area (Å²) in [7, 11) is 0. The predicted octanol–water partition coefficient (Wildman–Crippen LogP) is 5.70. The van der Waals surface area contributed by atoms with Crippen LogP contribution in [0.1, 0.15) is 21.9 Å². The zero-order valence-corrected chi connectivity index (χ0v) is 23.1. The lowest BCUT2D eigenvalue weighted by Crippen LogP contribution is -2.42. The van der Waals surface area contributed by atoms with Crippen LogP contribution in [0.4, 0.5) is 14.6 Å². The summed E-state index contributed by atoms with van der Waals surface area (Å²) in [6, 6.07) is 25.2. The van der Waals surface area contributed by atoms with Gasteiger partial charge in [0, 0.05) is 35.6 Å². The molecule has 42 heavy (non-hydrogen) atoms. The Balaban J connectivity index is 1.52. The fourth-order valence-electron chi connectivity index (χ4n) is 4.92. The van der Waals surface area contributed by atoms with E-state index in [4.69, 9.17) is 5.10 Å². The minimum absolute atomic E-state index is 0.00294. The van der Waals surface area contributed by atoms with E-state index in [-0.39, 0.29) is 30.7 Å². The van der Waals surface area contributed by atoms with Gasteiger partial charge in [-0.2, -0.15) is 5.10 Å². The van der Waals surface area contributed by atoms with Gasteiger partial charge in [-0.15, -0.1) is 11.8 Å². The van der Waals surface area contributed by atoms with Crippen molar-refractivity contribution in [2.45, 2.75) is 11.8 Å². The fourth-order valence-corrected chi connectivity index (χ4v) is 6.14. The molecule has 0 radical (unpaired) electrons. The number of thioether (sulfide) groups is 1. The van der Waals surface area contributed by atoms with Crippen molar-refractivity contribution >= 4 is 29.4 Å². The van der Waals surface area contributed by atoms with Crippen LogP contribution in [-0.4, -0.2) is 38.9 Å². The lowest BCUT2D eigenvalue weighted by molar-refractivity contribution is -0.123. The maximum atomic E-state index is 15.3. The molecule has 2 aromatic heterocycles. The van der Waals surface area contributed by atoms with Crippen LogP contribution in [0.5, 0.6) is 0 Å². The van der Waals surface area contributed by atoms with E-state index in [1.807, 2.05) is 30.3 Å². The summed E-state index contributed by atoms with van der Waals surface area (Å²) in [6.45, 7) is -0.0298. The highest BCUT2D eigenvalue weighted by atomic mass is 32.2. The van der Waals surface area contributed by atoms with Crippen LogP contribution >= 0.6 is 11.8 Å². The third kappa shape index (κ3) is 5.53. The molecule has 6 rings (SSSR count). The second-order valence-electron chi connectivity index (χ2n) is 9.66. The number of hydrogen-bond acceptors (Lipinski definition) is 5. The Morgan fingerprint density at radius 2 is 1.64 bits per heavy atom. The summed E-state index contributed by atoms with van der Waals surface area (Å²) >= 11 is 1.28. The van der Waals surface area contributed by atoms with Gasteiger partial charge < -0.3 is 5.32 Å². The average molecular weight is 582 g/mol. The van der Waals surface area contributed by atoms with E-state index in [9.17, 15) is 14.0 Å². The quantitative estimate of drug-likeness (QED) is 0.267. The molecule has 3 aromatic carbocycles. The Labute approximate surface area is 245 Å². The third-order valence-corrected chi connectivity index (χ3v) is 8.17. The zero-order chi connectivity index (χ0) is 29.1. The summed E-state index contributed by atoms with van der Waals surface area (Å²) in [5.41, 5.74) is 3.63. The molecular formula is C32H25F2N5O2S. The number of nitrogens with zero attached hydrogens (tertiary/aromatic N) is 4. The van der Waals surface area contributed by atoms with Gasteiger partial charge in [0.1, 0.15) is 24.0 Å². The Bertz CT molecular complexity index is 1730. The Morgan fingerprint density at radius 3 is 2.38 bits per heavy atom. The normalized spacial score (nSPS) is 14.8. The fraction of sp³-hybridized carbons (Fsp3) is 0.125. The van der Waals surface area contributed by atoms with Gasteiger partial charge in [0.15, 0.2) is 0 Å². The summed E-state index contributed by atoms with van der Waals surface area (Å²) in [6.07, 6.45) is 3.27. The van der Waals surface area contributed by atoms with Crippen LogP contribution in [0, 0.1) is 11.6 Å². The van der Waals surface area contributed by atoms with Crippen LogP contribution < -0.4 is 10.2 Å². The molecule has 1 aliphatic rings. The van der Waals surface area contributed by atoms with Gasteiger partial charge in [-0.3, -0.25) is 19.5 Å². The molecule has 0 unspecified atom stereocenters. The van der Waals surface area contributed by atoms with Crippen molar-refractivity contribution in [3.05, 3.63) is 132 Å². The van der Waals surface area contributed by atoms with Gasteiger partial charge in [-0.05, 0) is 48.0 Å². The van der Waals surface area contributed by atoms with E-state index in [2.05, 4.69) is 10.3 Å². The Hall–Kier alpha value is -4.83. The highest BCUT2D eigenvalue weighted by Gasteiger charge is 2.38. The monoisotopic (exact) mass is 581 g/mol. The van der Waals surface area contributed by atoms with Gasteiger partial charge in [-0.1, -0.05) is 48.5 Å². The maximum absolute atomic E-state index is 15.3. The molecule has 1 atom stereocenters. The van der Waals surface area contributed by atoms with Crippen molar-refractivity contribution in [1.82, 2.24) is 20.1 Å². The van der Waals surface area contributed by atoms with Crippen LogP contribution in [0.25, 0.3) is 16.9 Å². The number of nitrogens with one attached hydrogen (secondary N) is 1. The summed E-state index contributed by atoms with van der Waals surface area (Å²) in [5, 5.41) is 7.18. The van der Waals surface area contributed by atoms with Gasteiger partial charge in [0.05, 0.1) is 22.4 Å². The van der Waals surface area contributed by atoms with Crippen molar-refractivity contribution in [2.75, 3.05) is 17.2 Å². The second-order valence-corrected chi connectivity index (χ2v) is 10.8. The van der Waals surface area contributed by atoms with Crippen molar-refractivity contribution < 1.29 is 18.4 Å². The largest absolute Gasteiger partial charge is 0.350 e. The molecule has 7 nitrogen and oxygen atoms in total. The molecule has 0 spiro atoms. The van der Waals surface area contributed by atoms with Gasteiger partial charge in [0.2, 0.25) is 11.8 Å². The molecule has 0 bridgehead atoms.